The van der Waals surface area contributed by atoms with E-state index in [9.17, 15) is 0 Å². The molecule has 3 N–H and O–H groups in total. The molecular formula is C12H14ClN3S. The van der Waals surface area contributed by atoms with E-state index in [0.29, 0.717) is 16.6 Å². The number of rotatable bonds is 3. The Morgan fingerprint density at radius 1 is 1.41 bits per heavy atom. The van der Waals surface area contributed by atoms with Gasteiger partial charge in [-0.05, 0) is 24.1 Å². The van der Waals surface area contributed by atoms with E-state index in [1.54, 1.807) is 23.5 Å². The van der Waals surface area contributed by atoms with Crippen LogP contribution in [0, 0.1) is 0 Å². The summed E-state index contributed by atoms with van der Waals surface area (Å²) >= 11 is 7.45. The molecule has 0 amide bonds. The Balaban J connectivity index is 2.16. The van der Waals surface area contributed by atoms with E-state index in [1.165, 1.54) is 0 Å². The van der Waals surface area contributed by atoms with Crippen LogP contribution in [-0.4, -0.2) is 4.98 Å². The van der Waals surface area contributed by atoms with Gasteiger partial charge < -0.3 is 11.1 Å². The van der Waals surface area contributed by atoms with Crippen LogP contribution in [0.5, 0.6) is 0 Å². The van der Waals surface area contributed by atoms with Crippen LogP contribution >= 0.6 is 22.9 Å². The molecule has 0 atom stereocenters. The molecule has 0 saturated carbocycles. The molecule has 2 rings (SSSR count). The molecule has 5 heteroatoms. The Labute approximate surface area is 110 Å². The number of thiazole rings is 1. The Morgan fingerprint density at radius 2 is 2.18 bits per heavy atom. The summed E-state index contributed by atoms with van der Waals surface area (Å²) in [7, 11) is 0. The van der Waals surface area contributed by atoms with Gasteiger partial charge in [0.25, 0.3) is 0 Å². The molecule has 0 aliphatic rings. The molecule has 0 bridgehead atoms. The Hall–Kier alpha value is -1.26. The SMILES string of the molecule is CC(C)c1csc(Nc2ccc(Cl)c(N)c2)n1. The van der Waals surface area contributed by atoms with Gasteiger partial charge in [-0.2, -0.15) is 0 Å². The summed E-state index contributed by atoms with van der Waals surface area (Å²) in [6.45, 7) is 4.25. The highest BCUT2D eigenvalue weighted by atomic mass is 35.5. The van der Waals surface area contributed by atoms with Gasteiger partial charge in [0, 0.05) is 11.1 Å². The maximum Gasteiger partial charge on any atom is 0.187 e. The second-order valence-electron chi connectivity index (χ2n) is 4.09. The van der Waals surface area contributed by atoms with Crippen LogP contribution in [0.2, 0.25) is 5.02 Å². The van der Waals surface area contributed by atoms with Crippen LogP contribution in [0.25, 0.3) is 0 Å². The highest BCUT2D eigenvalue weighted by Gasteiger charge is 2.06. The highest BCUT2D eigenvalue weighted by Crippen LogP contribution is 2.27. The minimum absolute atomic E-state index is 0.442. The molecule has 0 saturated heterocycles. The Kier molecular flexibility index (Phi) is 3.54. The van der Waals surface area contributed by atoms with E-state index in [0.717, 1.165) is 16.5 Å². The number of benzene rings is 1. The van der Waals surface area contributed by atoms with Crippen molar-refractivity contribution in [2.24, 2.45) is 0 Å². The van der Waals surface area contributed by atoms with Gasteiger partial charge in [0.1, 0.15) is 0 Å². The highest BCUT2D eigenvalue weighted by molar-refractivity contribution is 7.13. The first-order valence-corrected chi connectivity index (χ1v) is 6.59. The van der Waals surface area contributed by atoms with E-state index in [4.69, 9.17) is 17.3 Å². The van der Waals surface area contributed by atoms with Gasteiger partial charge in [0.2, 0.25) is 0 Å². The van der Waals surface area contributed by atoms with Crippen LogP contribution in [0.3, 0.4) is 0 Å². The first-order valence-electron chi connectivity index (χ1n) is 5.33. The molecule has 17 heavy (non-hydrogen) atoms. The standard InChI is InChI=1S/C12H14ClN3S/c1-7(2)11-6-17-12(16-11)15-8-3-4-9(13)10(14)5-8/h3-7H,14H2,1-2H3,(H,15,16). The molecule has 1 heterocycles. The summed E-state index contributed by atoms with van der Waals surface area (Å²) in [5.41, 5.74) is 8.30. The molecule has 0 fully saturated rings. The average molecular weight is 268 g/mol. The van der Waals surface area contributed by atoms with Crippen molar-refractivity contribution in [3.8, 4) is 0 Å². The lowest BCUT2D eigenvalue weighted by molar-refractivity contribution is 0.834. The molecule has 0 radical (unpaired) electrons. The summed E-state index contributed by atoms with van der Waals surface area (Å²) in [4.78, 5) is 4.49. The Bertz CT molecular complexity index is 522. The van der Waals surface area contributed by atoms with Crippen LogP contribution in [0.15, 0.2) is 23.6 Å². The normalized spacial score (nSPS) is 10.8. The third-order valence-corrected chi connectivity index (χ3v) is 3.48. The number of nitrogens with one attached hydrogen (secondary N) is 1. The van der Waals surface area contributed by atoms with Gasteiger partial charge in [-0.1, -0.05) is 25.4 Å². The third kappa shape index (κ3) is 2.90. The monoisotopic (exact) mass is 267 g/mol. The molecule has 0 aliphatic heterocycles. The zero-order valence-electron chi connectivity index (χ0n) is 9.70. The number of hydrogen-bond acceptors (Lipinski definition) is 4. The number of halogens is 1. The number of hydrogen-bond donors (Lipinski definition) is 2. The zero-order valence-corrected chi connectivity index (χ0v) is 11.3. The lowest BCUT2D eigenvalue weighted by Crippen LogP contribution is -1.93. The maximum absolute atomic E-state index is 5.86. The van der Waals surface area contributed by atoms with Crippen molar-refractivity contribution >= 4 is 39.4 Å². The minimum Gasteiger partial charge on any atom is -0.397 e. The van der Waals surface area contributed by atoms with E-state index < -0.39 is 0 Å². The van der Waals surface area contributed by atoms with Gasteiger partial charge in [-0.25, -0.2) is 4.98 Å². The molecule has 0 aliphatic carbocycles. The first kappa shape index (κ1) is 12.2. The Morgan fingerprint density at radius 3 is 2.76 bits per heavy atom. The van der Waals surface area contributed by atoms with E-state index in [-0.39, 0.29) is 0 Å². The van der Waals surface area contributed by atoms with Gasteiger partial charge in [0.15, 0.2) is 5.13 Å². The summed E-state index contributed by atoms with van der Waals surface area (Å²) in [6, 6.07) is 5.46. The third-order valence-electron chi connectivity index (χ3n) is 2.36. The number of aromatic nitrogens is 1. The van der Waals surface area contributed by atoms with Crippen molar-refractivity contribution < 1.29 is 0 Å². The van der Waals surface area contributed by atoms with Crippen molar-refractivity contribution in [1.29, 1.82) is 0 Å². The molecule has 1 aromatic heterocycles. The lowest BCUT2D eigenvalue weighted by atomic mass is 10.2. The molecule has 0 unspecified atom stereocenters. The molecule has 90 valence electrons. The molecule has 1 aromatic carbocycles. The van der Waals surface area contributed by atoms with E-state index in [2.05, 4.69) is 29.5 Å². The fraction of sp³-hybridized carbons (Fsp3) is 0.250. The number of nitrogens with zero attached hydrogens (tertiary/aromatic N) is 1. The van der Waals surface area contributed by atoms with Gasteiger partial charge in [0.05, 0.1) is 16.4 Å². The van der Waals surface area contributed by atoms with Crippen molar-refractivity contribution in [2.45, 2.75) is 19.8 Å². The first-order chi connectivity index (χ1) is 8.06. The van der Waals surface area contributed by atoms with Gasteiger partial charge >= 0.3 is 0 Å². The second kappa shape index (κ2) is 4.94. The number of nitrogen functional groups attached to an aromatic ring is 1. The predicted molar refractivity (Wildman–Crippen MR) is 75.4 cm³/mol. The number of anilines is 3. The maximum atomic E-state index is 5.86. The van der Waals surface area contributed by atoms with Crippen LogP contribution in [-0.2, 0) is 0 Å². The molecule has 2 aromatic rings. The van der Waals surface area contributed by atoms with E-state index >= 15 is 0 Å². The summed E-state index contributed by atoms with van der Waals surface area (Å²) in [6.07, 6.45) is 0. The lowest BCUT2D eigenvalue weighted by Gasteiger charge is -2.05. The fourth-order valence-corrected chi connectivity index (χ4v) is 2.36. The number of nitrogens with two attached hydrogens (primary N) is 1. The smallest absolute Gasteiger partial charge is 0.187 e. The van der Waals surface area contributed by atoms with E-state index in [1.807, 2.05) is 6.07 Å². The average Bonchev–Trinajstić information content (AvgIpc) is 2.72. The summed E-state index contributed by atoms with van der Waals surface area (Å²) < 4.78 is 0. The zero-order chi connectivity index (χ0) is 12.4. The van der Waals surface area contributed by atoms with Crippen LogP contribution in [0.1, 0.15) is 25.5 Å². The van der Waals surface area contributed by atoms with Crippen LogP contribution in [0.4, 0.5) is 16.5 Å². The topological polar surface area (TPSA) is 50.9 Å². The van der Waals surface area contributed by atoms with Crippen molar-refractivity contribution in [1.82, 2.24) is 4.98 Å². The van der Waals surface area contributed by atoms with Crippen LogP contribution < -0.4 is 11.1 Å². The second-order valence-corrected chi connectivity index (χ2v) is 5.36. The largest absolute Gasteiger partial charge is 0.397 e. The molecule has 3 nitrogen and oxygen atoms in total. The van der Waals surface area contributed by atoms with Crippen molar-refractivity contribution in [2.75, 3.05) is 11.1 Å². The van der Waals surface area contributed by atoms with Gasteiger partial charge in [-0.15, -0.1) is 11.3 Å². The van der Waals surface area contributed by atoms with Crippen molar-refractivity contribution in [3.05, 3.63) is 34.3 Å². The molecular weight excluding hydrogens is 254 g/mol. The predicted octanol–water partition coefficient (Wildman–Crippen LogP) is 4.25. The molecule has 0 spiro atoms. The summed E-state index contributed by atoms with van der Waals surface area (Å²) in [5, 5.41) is 6.72. The fourth-order valence-electron chi connectivity index (χ4n) is 1.35. The van der Waals surface area contributed by atoms with Gasteiger partial charge in [-0.3, -0.25) is 0 Å². The quantitative estimate of drug-likeness (QED) is 0.818. The minimum atomic E-state index is 0.442. The summed E-state index contributed by atoms with van der Waals surface area (Å²) in [5.74, 6) is 0.442. The van der Waals surface area contributed by atoms with Crippen molar-refractivity contribution in [3.63, 3.8) is 0 Å².